The number of benzene rings is 2. The fourth-order valence-electron chi connectivity index (χ4n) is 3.86. The van der Waals surface area contributed by atoms with Gasteiger partial charge in [0.05, 0.1) is 34.7 Å². The lowest BCUT2D eigenvalue weighted by Crippen LogP contribution is -2.29. The van der Waals surface area contributed by atoms with E-state index in [1.165, 1.54) is 29.4 Å². The Morgan fingerprint density at radius 3 is 2.63 bits per heavy atom. The molecule has 3 heterocycles. The highest BCUT2D eigenvalue weighted by atomic mass is 16.6. The minimum atomic E-state index is -0.835. The van der Waals surface area contributed by atoms with Crippen molar-refractivity contribution >= 4 is 22.6 Å². The third-order valence-corrected chi connectivity index (χ3v) is 5.18. The molecule has 0 spiro atoms. The number of carbonyl (C=O) groups is 1. The van der Waals surface area contributed by atoms with Gasteiger partial charge in [0.15, 0.2) is 5.43 Å². The number of para-hydroxylation sites is 1. The Morgan fingerprint density at radius 1 is 1.03 bits per heavy atom. The minimum absolute atomic E-state index is 0.0539. The first-order valence-electron chi connectivity index (χ1n) is 9.18. The van der Waals surface area contributed by atoms with E-state index in [-0.39, 0.29) is 29.0 Å². The molecule has 0 fully saturated rings. The summed E-state index contributed by atoms with van der Waals surface area (Å²) in [6, 6.07) is 15.2. The SMILES string of the molecule is O=C1c2oc3ccccc3c(=O)c2C(c2cccc([N+](=O)[O-])c2)N1Cc1ccco1. The molecule has 0 bridgehead atoms. The Morgan fingerprint density at radius 2 is 1.87 bits per heavy atom. The molecule has 0 aliphatic carbocycles. The van der Waals surface area contributed by atoms with Crippen LogP contribution in [0, 0.1) is 10.1 Å². The van der Waals surface area contributed by atoms with E-state index in [0.29, 0.717) is 22.3 Å². The smallest absolute Gasteiger partial charge is 0.291 e. The number of hydrogen-bond donors (Lipinski definition) is 0. The minimum Gasteiger partial charge on any atom is -0.467 e. The fourth-order valence-corrected chi connectivity index (χ4v) is 3.86. The summed E-state index contributed by atoms with van der Waals surface area (Å²) in [5.41, 5.74) is 0.471. The van der Waals surface area contributed by atoms with E-state index in [2.05, 4.69) is 0 Å². The van der Waals surface area contributed by atoms with Gasteiger partial charge in [-0.05, 0) is 29.8 Å². The molecule has 1 atom stereocenters. The van der Waals surface area contributed by atoms with Crippen molar-refractivity contribution in [3.63, 3.8) is 0 Å². The van der Waals surface area contributed by atoms with Gasteiger partial charge in [-0.15, -0.1) is 0 Å². The van der Waals surface area contributed by atoms with Gasteiger partial charge >= 0.3 is 0 Å². The van der Waals surface area contributed by atoms with Gasteiger partial charge in [-0.3, -0.25) is 19.7 Å². The van der Waals surface area contributed by atoms with Gasteiger partial charge in [-0.1, -0.05) is 24.3 Å². The summed E-state index contributed by atoms with van der Waals surface area (Å²) >= 11 is 0. The number of furan rings is 1. The molecule has 30 heavy (non-hydrogen) atoms. The van der Waals surface area contributed by atoms with Crippen molar-refractivity contribution in [2.45, 2.75) is 12.6 Å². The van der Waals surface area contributed by atoms with E-state index in [1.807, 2.05) is 0 Å². The lowest BCUT2D eigenvalue weighted by molar-refractivity contribution is -0.384. The number of non-ortho nitro benzene ring substituents is 1. The molecule has 1 aliphatic heterocycles. The summed E-state index contributed by atoms with van der Waals surface area (Å²) < 4.78 is 11.2. The van der Waals surface area contributed by atoms with E-state index < -0.39 is 16.9 Å². The van der Waals surface area contributed by atoms with Crippen molar-refractivity contribution in [3.05, 3.63) is 110 Å². The molecule has 1 unspecified atom stereocenters. The number of rotatable bonds is 4. The molecule has 0 saturated heterocycles. The lowest BCUT2D eigenvalue weighted by Gasteiger charge is -2.24. The number of hydrogen-bond acceptors (Lipinski definition) is 6. The van der Waals surface area contributed by atoms with Crippen molar-refractivity contribution < 1.29 is 18.6 Å². The van der Waals surface area contributed by atoms with Crippen molar-refractivity contribution in [3.8, 4) is 0 Å². The van der Waals surface area contributed by atoms with E-state index in [9.17, 15) is 19.7 Å². The van der Waals surface area contributed by atoms with Crippen molar-refractivity contribution in [2.24, 2.45) is 0 Å². The largest absolute Gasteiger partial charge is 0.467 e. The highest BCUT2D eigenvalue weighted by molar-refractivity contribution is 5.99. The molecule has 2 aromatic carbocycles. The van der Waals surface area contributed by atoms with Crippen LogP contribution in [0.4, 0.5) is 5.69 Å². The average molecular weight is 402 g/mol. The van der Waals surface area contributed by atoms with Crippen LogP contribution in [0.3, 0.4) is 0 Å². The van der Waals surface area contributed by atoms with Gasteiger partial charge < -0.3 is 13.7 Å². The molecule has 148 valence electrons. The average Bonchev–Trinajstić information content (AvgIpc) is 3.36. The van der Waals surface area contributed by atoms with Crippen LogP contribution in [-0.4, -0.2) is 15.7 Å². The quantitative estimate of drug-likeness (QED) is 0.377. The molecule has 1 amide bonds. The molecule has 0 N–H and O–H groups in total. The first-order chi connectivity index (χ1) is 14.5. The van der Waals surface area contributed by atoms with Gasteiger partial charge in [0.1, 0.15) is 11.3 Å². The van der Waals surface area contributed by atoms with Gasteiger partial charge in [0, 0.05) is 12.1 Å². The number of amides is 1. The maximum atomic E-state index is 13.3. The van der Waals surface area contributed by atoms with Crippen LogP contribution in [0.1, 0.15) is 33.5 Å². The number of nitro groups is 1. The number of carbonyl (C=O) groups excluding carboxylic acids is 1. The first kappa shape index (κ1) is 17.9. The Kier molecular flexibility index (Phi) is 3.99. The van der Waals surface area contributed by atoms with Gasteiger partial charge in [-0.2, -0.15) is 0 Å². The van der Waals surface area contributed by atoms with Gasteiger partial charge in [0.2, 0.25) is 5.76 Å². The number of nitrogens with zero attached hydrogens (tertiary/aromatic N) is 2. The van der Waals surface area contributed by atoms with Crippen molar-refractivity contribution in [1.29, 1.82) is 0 Å². The summed E-state index contributed by atoms with van der Waals surface area (Å²) in [6.45, 7) is 0.0825. The molecule has 2 aromatic heterocycles. The third kappa shape index (κ3) is 2.69. The molecular formula is C22H14N2O6. The highest BCUT2D eigenvalue weighted by Gasteiger charge is 2.43. The Hall–Kier alpha value is -4.20. The normalized spacial score (nSPS) is 15.5. The summed E-state index contributed by atoms with van der Waals surface area (Å²) in [4.78, 5) is 38.8. The van der Waals surface area contributed by atoms with Gasteiger partial charge in [0.25, 0.3) is 11.6 Å². The van der Waals surface area contributed by atoms with Crippen LogP contribution in [0.5, 0.6) is 0 Å². The molecule has 5 rings (SSSR count). The summed E-state index contributed by atoms with van der Waals surface area (Å²) in [5, 5.41) is 11.6. The monoisotopic (exact) mass is 402 g/mol. The molecule has 8 nitrogen and oxygen atoms in total. The standard InChI is InChI=1S/C22H14N2O6/c25-20-16-8-1-2-9-17(16)30-21-18(20)19(13-5-3-6-14(11-13)24(27)28)23(22(21)26)12-15-7-4-10-29-15/h1-11,19H,12H2. The molecular weight excluding hydrogens is 388 g/mol. The number of fused-ring (bicyclic) bond motifs is 2. The van der Waals surface area contributed by atoms with Gasteiger partial charge in [-0.25, -0.2) is 0 Å². The maximum Gasteiger partial charge on any atom is 0.291 e. The van der Waals surface area contributed by atoms with Crippen LogP contribution < -0.4 is 5.43 Å². The summed E-state index contributed by atoms with van der Waals surface area (Å²) in [6.07, 6.45) is 1.49. The van der Waals surface area contributed by atoms with Crippen LogP contribution in [0.15, 0.2) is 80.6 Å². The predicted molar refractivity (Wildman–Crippen MR) is 106 cm³/mol. The zero-order chi connectivity index (χ0) is 20.8. The molecule has 4 aromatic rings. The highest BCUT2D eigenvalue weighted by Crippen LogP contribution is 2.39. The first-order valence-corrected chi connectivity index (χ1v) is 9.18. The molecule has 1 aliphatic rings. The zero-order valence-corrected chi connectivity index (χ0v) is 15.5. The Bertz CT molecular complexity index is 1360. The van der Waals surface area contributed by atoms with E-state index in [1.54, 1.807) is 42.5 Å². The third-order valence-electron chi connectivity index (χ3n) is 5.18. The van der Waals surface area contributed by atoms with Crippen LogP contribution in [0.2, 0.25) is 0 Å². The molecule has 8 heteroatoms. The Balaban J connectivity index is 1.75. The fraction of sp³-hybridized carbons (Fsp3) is 0.0909. The molecule has 0 saturated carbocycles. The van der Waals surface area contributed by atoms with E-state index in [4.69, 9.17) is 8.83 Å². The second-order valence-corrected chi connectivity index (χ2v) is 6.94. The second kappa shape index (κ2) is 6.70. The van der Waals surface area contributed by atoms with Crippen molar-refractivity contribution in [1.82, 2.24) is 4.90 Å². The lowest BCUT2D eigenvalue weighted by atomic mass is 9.98. The van der Waals surface area contributed by atoms with E-state index in [0.717, 1.165) is 0 Å². The van der Waals surface area contributed by atoms with Crippen LogP contribution in [0.25, 0.3) is 11.0 Å². The maximum absolute atomic E-state index is 13.3. The Labute approximate surface area is 169 Å². The summed E-state index contributed by atoms with van der Waals surface area (Å²) in [5.74, 6) is -0.00823. The van der Waals surface area contributed by atoms with Crippen molar-refractivity contribution in [2.75, 3.05) is 0 Å². The van der Waals surface area contributed by atoms with Crippen LogP contribution >= 0.6 is 0 Å². The zero-order valence-electron chi connectivity index (χ0n) is 15.5. The predicted octanol–water partition coefficient (Wildman–Crippen LogP) is 4.04. The summed E-state index contributed by atoms with van der Waals surface area (Å²) in [7, 11) is 0. The van der Waals surface area contributed by atoms with Crippen LogP contribution in [-0.2, 0) is 6.54 Å². The topological polar surface area (TPSA) is 107 Å². The second-order valence-electron chi connectivity index (χ2n) is 6.94. The number of nitro benzene ring substituents is 1. The molecule has 0 radical (unpaired) electrons. The van der Waals surface area contributed by atoms with E-state index >= 15 is 0 Å².